The number of halogens is 1. The number of anilines is 1. The van der Waals surface area contributed by atoms with Crippen molar-refractivity contribution in [2.75, 3.05) is 19.0 Å². The molecule has 1 atom stereocenters. The van der Waals surface area contributed by atoms with Crippen LogP contribution in [0.15, 0.2) is 16.6 Å². The van der Waals surface area contributed by atoms with Crippen LogP contribution in [0.3, 0.4) is 0 Å². The summed E-state index contributed by atoms with van der Waals surface area (Å²) >= 11 is 3.48. The maximum absolute atomic E-state index is 11.7. The molecule has 0 aliphatic carbocycles. The first-order valence-electron chi connectivity index (χ1n) is 5.46. The highest BCUT2D eigenvalue weighted by Crippen LogP contribution is 2.39. The zero-order valence-corrected chi connectivity index (χ0v) is 11.3. The number of hydrogen-bond acceptors (Lipinski definition) is 4. The van der Waals surface area contributed by atoms with E-state index in [1.807, 2.05) is 12.1 Å². The average Bonchev–Trinajstić information content (AvgIpc) is 2.76. The summed E-state index contributed by atoms with van der Waals surface area (Å²) in [4.78, 5) is 11.7. The van der Waals surface area contributed by atoms with Crippen molar-refractivity contribution in [1.82, 2.24) is 0 Å². The predicted octanol–water partition coefficient (Wildman–Crippen LogP) is 2.36. The molecule has 92 valence electrons. The molecule has 0 bridgehead atoms. The van der Waals surface area contributed by atoms with Gasteiger partial charge in [-0.3, -0.25) is 0 Å². The minimum absolute atomic E-state index is 0.224. The third-order valence-electron chi connectivity index (χ3n) is 2.74. The van der Waals surface area contributed by atoms with Crippen molar-refractivity contribution in [2.24, 2.45) is 0 Å². The van der Waals surface area contributed by atoms with Gasteiger partial charge in [0.1, 0.15) is 11.8 Å². The number of methoxy groups -OCH3 is 1. The molecular formula is C12H14BrNO3. The van der Waals surface area contributed by atoms with Crippen LogP contribution in [0.25, 0.3) is 0 Å². The zero-order valence-electron chi connectivity index (χ0n) is 9.75. The fraction of sp³-hybridized carbons (Fsp3) is 0.417. The van der Waals surface area contributed by atoms with Gasteiger partial charge in [-0.05, 0) is 24.6 Å². The van der Waals surface area contributed by atoms with Gasteiger partial charge in [-0.15, -0.1) is 0 Å². The second-order valence-corrected chi connectivity index (χ2v) is 4.61. The van der Waals surface area contributed by atoms with Crippen molar-refractivity contribution < 1.29 is 14.3 Å². The molecule has 2 rings (SSSR count). The Labute approximate surface area is 108 Å². The van der Waals surface area contributed by atoms with E-state index in [-0.39, 0.29) is 12.0 Å². The van der Waals surface area contributed by atoms with Gasteiger partial charge in [0, 0.05) is 10.9 Å². The predicted molar refractivity (Wildman–Crippen MR) is 68.4 cm³/mol. The summed E-state index contributed by atoms with van der Waals surface area (Å²) in [5.41, 5.74) is 1.93. The van der Waals surface area contributed by atoms with Crippen molar-refractivity contribution in [2.45, 2.75) is 19.4 Å². The van der Waals surface area contributed by atoms with E-state index in [4.69, 9.17) is 9.47 Å². The lowest BCUT2D eigenvalue weighted by atomic mass is 10.1. The largest absolute Gasteiger partial charge is 0.495 e. The molecule has 0 amide bonds. The molecule has 0 spiro atoms. The van der Waals surface area contributed by atoms with Crippen LogP contribution in [0.2, 0.25) is 0 Å². The number of benzene rings is 1. The lowest BCUT2D eigenvalue weighted by Crippen LogP contribution is -2.29. The van der Waals surface area contributed by atoms with E-state index in [0.29, 0.717) is 13.0 Å². The molecule has 1 N–H and O–H groups in total. The summed E-state index contributed by atoms with van der Waals surface area (Å²) in [7, 11) is 1.61. The smallest absolute Gasteiger partial charge is 0.328 e. The molecule has 0 saturated heterocycles. The highest BCUT2D eigenvalue weighted by Gasteiger charge is 2.31. The van der Waals surface area contributed by atoms with E-state index in [0.717, 1.165) is 21.5 Å². The molecule has 17 heavy (non-hydrogen) atoms. The first kappa shape index (κ1) is 12.2. The Balaban J connectivity index is 2.26. The van der Waals surface area contributed by atoms with Crippen LogP contribution in [-0.2, 0) is 16.0 Å². The van der Waals surface area contributed by atoms with E-state index in [2.05, 4.69) is 21.2 Å². The molecule has 0 saturated carbocycles. The van der Waals surface area contributed by atoms with Crippen LogP contribution in [0.4, 0.5) is 5.69 Å². The monoisotopic (exact) mass is 299 g/mol. The Bertz CT molecular complexity index is 448. The van der Waals surface area contributed by atoms with Gasteiger partial charge in [0.05, 0.1) is 19.4 Å². The minimum Gasteiger partial charge on any atom is -0.495 e. The molecule has 5 heteroatoms. The summed E-state index contributed by atoms with van der Waals surface area (Å²) in [6.45, 7) is 2.20. The van der Waals surface area contributed by atoms with Crippen LogP contribution in [-0.4, -0.2) is 25.7 Å². The highest BCUT2D eigenvalue weighted by molar-refractivity contribution is 9.10. The van der Waals surface area contributed by atoms with Crippen LogP contribution < -0.4 is 10.1 Å². The van der Waals surface area contributed by atoms with Crippen molar-refractivity contribution in [1.29, 1.82) is 0 Å². The van der Waals surface area contributed by atoms with Crippen molar-refractivity contribution >= 4 is 27.6 Å². The molecule has 1 aliphatic rings. The second kappa shape index (κ2) is 4.96. The van der Waals surface area contributed by atoms with Gasteiger partial charge < -0.3 is 14.8 Å². The summed E-state index contributed by atoms with van der Waals surface area (Å²) in [5, 5.41) is 3.15. The Kier molecular flexibility index (Phi) is 3.57. The van der Waals surface area contributed by atoms with E-state index in [1.165, 1.54) is 0 Å². The third kappa shape index (κ3) is 2.24. The third-order valence-corrected chi connectivity index (χ3v) is 3.48. The topological polar surface area (TPSA) is 47.6 Å². The first-order valence-corrected chi connectivity index (χ1v) is 6.25. The minimum atomic E-state index is -0.322. The molecule has 1 heterocycles. The van der Waals surface area contributed by atoms with E-state index in [1.54, 1.807) is 14.0 Å². The number of esters is 1. The Hall–Kier alpha value is -1.23. The number of fused-ring (bicyclic) bond motifs is 1. The zero-order chi connectivity index (χ0) is 12.4. The number of carbonyl (C=O) groups is 1. The normalized spacial score (nSPS) is 17.2. The Morgan fingerprint density at radius 1 is 1.59 bits per heavy atom. The van der Waals surface area contributed by atoms with E-state index < -0.39 is 0 Å². The molecule has 1 aliphatic heterocycles. The maximum atomic E-state index is 11.7. The van der Waals surface area contributed by atoms with Crippen LogP contribution in [0, 0.1) is 0 Å². The summed E-state index contributed by atoms with van der Waals surface area (Å²) in [5.74, 6) is 0.521. The quantitative estimate of drug-likeness (QED) is 0.871. The standard InChI is InChI=1S/C12H14BrNO3/c1-3-17-12(15)9-6-7-8(13)4-5-10(16-2)11(7)14-9/h4-5,9,14H,3,6H2,1-2H3/t9-/m1/s1. The number of rotatable bonds is 3. The lowest BCUT2D eigenvalue weighted by Gasteiger charge is -2.11. The summed E-state index contributed by atoms with van der Waals surface area (Å²) in [6, 6.07) is 3.47. The fourth-order valence-electron chi connectivity index (χ4n) is 1.94. The van der Waals surface area contributed by atoms with E-state index >= 15 is 0 Å². The van der Waals surface area contributed by atoms with Gasteiger partial charge in [0.15, 0.2) is 0 Å². The number of hydrogen-bond donors (Lipinski definition) is 1. The molecule has 0 radical (unpaired) electrons. The van der Waals surface area contributed by atoms with Gasteiger partial charge in [-0.1, -0.05) is 15.9 Å². The molecule has 1 aromatic rings. The molecule has 1 aromatic carbocycles. The number of ether oxygens (including phenoxy) is 2. The van der Waals surface area contributed by atoms with Crippen LogP contribution in [0.5, 0.6) is 5.75 Å². The molecule has 0 fully saturated rings. The Morgan fingerprint density at radius 2 is 2.35 bits per heavy atom. The number of nitrogens with one attached hydrogen (secondary N) is 1. The fourth-order valence-corrected chi connectivity index (χ4v) is 2.44. The second-order valence-electron chi connectivity index (χ2n) is 3.76. The Morgan fingerprint density at radius 3 is 3.00 bits per heavy atom. The number of carbonyl (C=O) groups excluding carboxylic acids is 1. The van der Waals surface area contributed by atoms with Crippen molar-refractivity contribution in [3.63, 3.8) is 0 Å². The summed E-state index contributed by atoms with van der Waals surface area (Å²) in [6.07, 6.45) is 0.617. The molecular weight excluding hydrogens is 286 g/mol. The molecule has 0 aromatic heterocycles. The van der Waals surface area contributed by atoms with Gasteiger partial charge in [0.2, 0.25) is 0 Å². The summed E-state index contributed by atoms with van der Waals surface area (Å²) < 4.78 is 11.3. The van der Waals surface area contributed by atoms with Crippen molar-refractivity contribution in [3.05, 3.63) is 22.2 Å². The van der Waals surface area contributed by atoms with Gasteiger partial charge >= 0.3 is 5.97 Å². The van der Waals surface area contributed by atoms with Crippen molar-refractivity contribution in [3.8, 4) is 5.75 Å². The lowest BCUT2D eigenvalue weighted by molar-refractivity contribution is -0.143. The van der Waals surface area contributed by atoms with Crippen LogP contribution in [0.1, 0.15) is 12.5 Å². The maximum Gasteiger partial charge on any atom is 0.328 e. The van der Waals surface area contributed by atoms with Gasteiger partial charge in [-0.25, -0.2) is 4.79 Å². The first-order chi connectivity index (χ1) is 8.17. The molecule has 4 nitrogen and oxygen atoms in total. The van der Waals surface area contributed by atoms with Gasteiger partial charge in [0.25, 0.3) is 0 Å². The van der Waals surface area contributed by atoms with E-state index in [9.17, 15) is 4.79 Å². The SMILES string of the molecule is CCOC(=O)[C@H]1Cc2c(Br)ccc(OC)c2N1. The van der Waals surface area contributed by atoms with Gasteiger partial charge in [-0.2, -0.15) is 0 Å². The molecule has 0 unspecified atom stereocenters. The highest BCUT2D eigenvalue weighted by atomic mass is 79.9. The van der Waals surface area contributed by atoms with Crippen LogP contribution >= 0.6 is 15.9 Å². The average molecular weight is 300 g/mol.